The Hall–Kier alpha value is -1.82. The Labute approximate surface area is 179 Å². The van der Waals surface area contributed by atoms with Gasteiger partial charge in [0.1, 0.15) is 5.75 Å². The minimum Gasteiger partial charge on any atom is -0.496 e. The molecule has 5 nitrogen and oxygen atoms in total. The Morgan fingerprint density at radius 1 is 1.18 bits per heavy atom. The summed E-state index contributed by atoms with van der Waals surface area (Å²) in [4.78, 5) is 16.5. The predicted octanol–water partition coefficient (Wildman–Crippen LogP) is 3.78. The van der Waals surface area contributed by atoms with Gasteiger partial charge in [0.05, 0.1) is 12.5 Å². The zero-order valence-electron chi connectivity index (χ0n) is 16.3. The number of nitrogens with two attached hydrogens (primary N) is 1. The Balaban J connectivity index is 0.00000196. The van der Waals surface area contributed by atoms with E-state index in [1.54, 1.807) is 19.5 Å². The first-order chi connectivity index (χ1) is 12.6. The largest absolute Gasteiger partial charge is 0.496 e. The average Bonchev–Trinajstić information content (AvgIpc) is 2.69. The lowest BCUT2D eigenvalue weighted by atomic mass is 9.68. The number of nitrogens with one attached hydrogen (secondary N) is 1. The number of carbonyl (C=O) groups excluding carboxylic acids is 1. The third-order valence-corrected chi connectivity index (χ3v) is 5.70. The minimum absolute atomic E-state index is 0. The molecule has 1 aromatic carbocycles. The lowest BCUT2D eigenvalue weighted by Gasteiger charge is -2.38. The van der Waals surface area contributed by atoms with Crippen LogP contribution in [0.25, 0.3) is 11.1 Å². The zero-order chi connectivity index (χ0) is 18.6. The van der Waals surface area contributed by atoms with Crippen molar-refractivity contribution in [2.45, 2.75) is 38.1 Å². The first-order valence-electron chi connectivity index (χ1n) is 9.12. The molecule has 2 aromatic rings. The molecule has 154 valence electrons. The first kappa shape index (κ1) is 24.2. The van der Waals surface area contributed by atoms with E-state index in [9.17, 15) is 4.79 Å². The van der Waals surface area contributed by atoms with E-state index in [1.165, 1.54) is 0 Å². The van der Waals surface area contributed by atoms with Gasteiger partial charge >= 0.3 is 0 Å². The summed E-state index contributed by atoms with van der Waals surface area (Å²) in [5.74, 6) is 0.600. The van der Waals surface area contributed by atoms with Gasteiger partial charge in [-0.1, -0.05) is 6.07 Å². The molecule has 3 N–H and O–H groups in total. The van der Waals surface area contributed by atoms with E-state index in [1.807, 2.05) is 31.3 Å². The molecule has 1 aliphatic carbocycles. The third-order valence-electron chi connectivity index (χ3n) is 5.70. The molecule has 0 unspecified atom stereocenters. The number of methoxy groups -OCH3 is 1. The van der Waals surface area contributed by atoms with Gasteiger partial charge in [-0.05, 0) is 80.1 Å². The van der Waals surface area contributed by atoms with Gasteiger partial charge in [0, 0.05) is 18.4 Å². The maximum absolute atomic E-state index is 12.4. The van der Waals surface area contributed by atoms with Crippen LogP contribution in [0.5, 0.6) is 5.75 Å². The van der Waals surface area contributed by atoms with Gasteiger partial charge in [-0.25, -0.2) is 0 Å². The van der Waals surface area contributed by atoms with Gasteiger partial charge in [-0.2, -0.15) is 0 Å². The summed E-state index contributed by atoms with van der Waals surface area (Å²) in [5.41, 5.74) is 8.58. The zero-order valence-corrected chi connectivity index (χ0v) is 17.9. The second kappa shape index (κ2) is 10.6. The van der Waals surface area contributed by atoms with Gasteiger partial charge in [0.2, 0.25) is 5.91 Å². The number of primary amides is 1. The number of nitrogens with zero attached hydrogens (tertiary/aromatic N) is 1. The Morgan fingerprint density at radius 3 is 2.36 bits per heavy atom. The van der Waals surface area contributed by atoms with Crippen LogP contribution < -0.4 is 15.8 Å². The van der Waals surface area contributed by atoms with Crippen LogP contribution >= 0.6 is 24.8 Å². The van der Waals surface area contributed by atoms with Crippen molar-refractivity contribution in [3.05, 3.63) is 48.3 Å². The second-order valence-electron chi connectivity index (χ2n) is 7.15. The van der Waals surface area contributed by atoms with Crippen LogP contribution in [-0.2, 0) is 11.2 Å². The highest BCUT2D eigenvalue weighted by Gasteiger charge is 2.40. The van der Waals surface area contributed by atoms with E-state index >= 15 is 0 Å². The fraction of sp³-hybridized carbons (Fsp3) is 0.429. The summed E-state index contributed by atoms with van der Waals surface area (Å²) in [5, 5.41) is 3.31. The van der Waals surface area contributed by atoms with E-state index in [0.717, 1.165) is 48.1 Å². The summed E-state index contributed by atoms with van der Waals surface area (Å²) in [6, 6.07) is 10.5. The van der Waals surface area contributed by atoms with Crippen molar-refractivity contribution in [3.63, 3.8) is 0 Å². The molecular weight excluding hydrogens is 397 g/mol. The monoisotopic (exact) mass is 425 g/mol. The molecule has 1 amide bonds. The molecule has 3 rings (SSSR count). The van der Waals surface area contributed by atoms with E-state index in [0.29, 0.717) is 12.5 Å². The normalized spacial score (nSPS) is 21.1. The molecule has 1 aliphatic rings. The summed E-state index contributed by atoms with van der Waals surface area (Å²) < 4.78 is 5.57. The number of hydrogen-bond donors (Lipinski definition) is 2. The number of rotatable bonds is 6. The molecule has 0 spiro atoms. The van der Waals surface area contributed by atoms with Crippen molar-refractivity contribution >= 4 is 30.7 Å². The minimum atomic E-state index is -0.502. The molecule has 0 saturated heterocycles. The van der Waals surface area contributed by atoms with Crippen molar-refractivity contribution in [1.29, 1.82) is 0 Å². The molecular formula is C21H29Cl2N3O2. The highest BCUT2D eigenvalue weighted by atomic mass is 35.5. The summed E-state index contributed by atoms with van der Waals surface area (Å²) in [6.07, 6.45) is 7.71. The molecule has 0 aliphatic heterocycles. The van der Waals surface area contributed by atoms with Crippen LogP contribution in [0, 0.1) is 5.41 Å². The van der Waals surface area contributed by atoms with Crippen molar-refractivity contribution in [2.24, 2.45) is 11.1 Å². The quantitative estimate of drug-likeness (QED) is 0.737. The topological polar surface area (TPSA) is 77.2 Å². The maximum Gasteiger partial charge on any atom is 0.223 e. The second-order valence-corrected chi connectivity index (χ2v) is 7.15. The molecule has 1 heterocycles. The predicted molar refractivity (Wildman–Crippen MR) is 117 cm³/mol. The lowest BCUT2D eigenvalue weighted by Crippen LogP contribution is -2.45. The first-order valence-corrected chi connectivity index (χ1v) is 9.12. The lowest BCUT2D eigenvalue weighted by molar-refractivity contribution is -0.129. The average molecular weight is 426 g/mol. The Kier molecular flexibility index (Phi) is 9.21. The van der Waals surface area contributed by atoms with E-state index in [4.69, 9.17) is 10.5 Å². The summed E-state index contributed by atoms with van der Waals surface area (Å²) in [6.45, 7) is 0. The number of pyridine rings is 1. The van der Waals surface area contributed by atoms with Crippen LogP contribution in [0.1, 0.15) is 31.2 Å². The maximum atomic E-state index is 12.4. The van der Waals surface area contributed by atoms with E-state index in [2.05, 4.69) is 16.4 Å². The number of carbonyl (C=O) groups is 1. The number of benzene rings is 1. The van der Waals surface area contributed by atoms with Gasteiger partial charge in [-0.3, -0.25) is 9.78 Å². The summed E-state index contributed by atoms with van der Waals surface area (Å²) in [7, 11) is 3.64. The molecule has 7 heteroatoms. The fourth-order valence-electron chi connectivity index (χ4n) is 3.97. The van der Waals surface area contributed by atoms with Crippen molar-refractivity contribution in [2.75, 3.05) is 14.2 Å². The molecule has 1 fully saturated rings. The van der Waals surface area contributed by atoms with Gasteiger partial charge < -0.3 is 15.8 Å². The van der Waals surface area contributed by atoms with Crippen LogP contribution in [0.2, 0.25) is 0 Å². The third kappa shape index (κ3) is 5.16. The van der Waals surface area contributed by atoms with Gasteiger partial charge in [0.15, 0.2) is 0 Å². The molecule has 1 saturated carbocycles. The van der Waals surface area contributed by atoms with Gasteiger partial charge in [0.25, 0.3) is 0 Å². The molecule has 0 atom stereocenters. The van der Waals surface area contributed by atoms with E-state index < -0.39 is 5.41 Å². The number of amides is 1. The number of halogens is 2. The SMILES string of the molecule is CNC1CCC(Cc2cc(-c3ccncc3)ccc2OC)(C(N)=O)CC1.Cl.Cl. The Bertz CT molecular complexity index is 764. The van der Waals surface area contributed by atoms with Gasteiger partial charge in [-0.15, -0.1) is 24.8 Å². The molecule has 0 radical (unpaired) electrons. The molecule has 0 bridgehead atoms. The van der Waals surface area contributed by atoms with Crippen molar-refractivity contribution in [3.8, 4) is 16.9 Å². The Morgan fingerprint density at radius 2 is 1.82 bits per heavy atom. The smallest absolute Gasteiger partial charge is 0.223 e. The fourth-order valence-corrected chi connectivity index (χ4v) is 3.97. The van der Waals surface area contributed by atoms with Crippen LogP contribution in [0.3, 0.4) is 0 Å². The standard InChI is InChI=1S/C21H27N3O2.2ClH/c1-23-18-5-9-21(10-6-18,20(22)25)14-17-13-16(3-4-19(17)26-2)15-7-11-24-12-8-15;;/h3-4,7-8,11-13,18,23H,5-6,9-10,14H2,1-2H3,(H2,22,25);2*1H. The molecule has 1 aromatic heterocycles. The van der Waals surface area contributed by atoms with Crippen molar-refractivity contribution in [1.82, 2.24) is 10.3 Å². The highest BCUT2D eigenvalue weighted by Crippen LogP contribution is 2.41. The summed E-state index contributed by atoms with van der Waals surface area (Å²) >= 11 is 0. The van der Waals surface area contributed by atoms with Crippen LogP contribution in [0.4, 0.5) is 0 Å². The van der Waals surface area contributed by atoms with E-state index in [-0.39, 0.29) is 30.7 Å². The number of hydrogen-bond acceptors (Lipinski definition) is 4. The van der Waals surface area contributed by atoms with Crippen LogP contribution in [0.15, 0.2) is 42.7 Å². The number of aromatic nitrogens is 1. The van der Waals surface area contributed by atoms with Crippen molar-refractivity contribution < 1.29 is 9.53 Å². The molecule has 28 heavy (non-hydrogen) atoms. The van der Waals surface area contributed by atoms with Crippen LogP contribution in [-0.4, -0.2) is 31.1 Å². The number of ether oxygens (including phenoxy) is 1. The highest BCUT2D eigenvalue weighted by molar-refractivity contribution is 5.85.